The first-order chi connectivity index (χ1) is 9.93. The van der Waals surface area contributed by atoms with Crippen molar-refractivity contribution in [1.29, 1.82) is 0 Å². The molecule has 4 nitrogen and oxygen atoms in total. The van der Waals surface area contributed by atoms with E-state index < -0.39 is 0 Å². The molecule has 0 fully saturated rings. The molecule has 1 aliphatic heterocycles. The Hall–Kier alpha value is -2.75. The first kappa shape index (κ1) is 11.1. The lowest BCUT2D eigenvalue weighted by molar-refractivity contribution is 0.882. The summed E-state index contributed by atoms with van der Waals surface area (Å²) in [6, 6.07) is 14.1. The molecule has 96 valence electrons. The third-order valence-electron chi connectivity index (χ3n) is 3.40. The van der Waals surface area contributed by atoms with Gasteiger partial charge in [-0.15, -0.1) is 0 Å². The minimum atomic E-state index is 0.585. The first-order valence-electron chi connectivity index (χ1n) is 6.51. The molecule has 0 saturated heterocycles. The molecule has 0 spiro atoms. The summed E-state index contributed by atoms with van der Waals surface area (Å²) in [5.74, 6) is 0.937. The molecule has 0 saturated carbocycles. The number of aliphatic imine (C=N–C) groups is 1. The number of rotatable bonds is 1. The van der Waals surface area contributed by atoms with Gasteiger partial charge >= 0.3 is 0 Å². The number of imidazole rings is 1. The van der Waals surface area contributed by atoms with Crippen molar-refractivity contribution >= 4 is 6.21 Å². The van der Waals surface area contributed by atoms with Crippen LogP contribution in [0.3, 0.4) is 0 Å². The van der Waals surface area contributed by atoms with Crippen molar-refractivity contribution in [1.82, 2.24) is 14.5 Å². The number of benzene rings is 1. The second kappa shape index (κ2) is 4.42. The van der Waals surface area contributed by atoms with Crippen molar-refractivity contribution in [3.63, 3.8) is 0 Å². The van der Waals surface area contributed by atoms with E-state index in [9.17, 15) is 0 Å². The lowest BCUT2D eigenvalue weighted by atomic mass is 10.2. The van der Waals surface area contributed by atoms with Crippen LogP contribution in [0.4, 0.5) is 0 Å². The zero-order valence-corrected chi connectivity index (χ0v) is 10.8. The quantitative estimate of drug-likeness (QED) is 0.675. The van der Waals surface area contributed by atoms with Gasteiger partial charge in [-0.05, 0) is 18.2 Å². The Balaban J connectivity index is 2.00. The van der Waals surface area contributed by atoms with Crippen LogP contribution in [0.15, 0.2) is 59.9 Å². The molecule has 20 heavy (non-hydrogen) atoms. The predicted molar refractivity (Wildman–Crippen MR) is 78.1 cm³/mol. The molecule has 1 aliphatic rings. The maximum absolute atomic E-state index is 4.50. The Morgan fingerprint density at radius 2 is 1.85 bits per heavy atom. The maximum atomic E-state index is 4.50. The van der Waals surface area contributed by atoms with E-state index >= 15 is 0 Å². The van der Waals surface area contributed by atoms with Gasteiger partial charge in [0.05, 0.1) is 29.8 Å². The van der Waals surface area contributed by atoms with Crippen LogP contribution in [0.25, 0.3) is 17.1 Å². The SMILES string of the molecule is C1=NCc2ncc(-c3ccccn3)n2-c2ccccc21. The molecule has 0 unspecified atom stereocenters. The zero-order valence-electron chi connectivity index (χ0n) is 10.8. The lowest BCUT2D eigenvalue weighted by Gasteiger charge is -2.11. The van der Waals surface area contributed by atoms with Crippen molar-refractivity contribution in [2.24, 2.45) is 4.99 Å². The van der Waals surface area contributed by atoms with Gasteiger partial charge in [-0.2, -0.15) is 0 Å². The second-order valence-corrected chi connectivity index (χ2v) is 4.64. The molecular formula is C16H12N4. The number of hydrogen-bond donors (Lipinski definition) is 0. The topological polar surface area (TPSA) is 43.1 Å². The third kappa shape index (κ3) is 1.66. The Kier molecular flexibility index (Phi) is 2.45. The van der Waals surface area contributed by atoms with E-state index in [4.69, 9.17) is 0 Å². The molecule has 0 atom stereocenters. The number of hydrogen-bond acceptors (Lipinski definition) is 3. The summed E-state index contributed by atoms with van der Waals surface area (Å²) >= 11 is 0. The van der Waals surface area contributed by atoms with Crippen LogP contribution in [0, 0.1) is 0 Å². The average molecular weight is 260 g/mol. The minimum absolute atomic E-state index is 0.585. The fraction of sp³-hybridized carbons (Fsp3) is 0.0625. The normalized spacial score (nSPS) is 12.6. The highest BCUT2D eigenvalue weighted by Crippen LogP contribution is 2.26. The molecule has 0 bridgehead atoms. The van der Waals surface area contributed by atoms with E-state index in [0.717, 1.165) is 28.5 Å². The van der Waals surface area contributed by atoms with Crippen LogP contribution >= 0.6 is 0 Å². The Morgan fingerprint density at radius 1 is 0.950 bits per heavy atom. The fourth-order valence-electron chi connectivity index (χ4n) is 2.49. The van der Waals surface area contributed by atoms with E-state index in [0.29, 0.717) is 6.54 Å². The molecule has 3 aromatic rings. The molecule has 0 radical (unpaired) electrons. The van der Waals surface area contributed by atoms with Crippen LogP contribution in [-0.2, 0) is 6.54 Å². The molecule has 2 aromatic heterocycles. The van der Waals surface area contributed by atoms with Crippen molar-refractivity contribution in [3.8, 4) is 17.1 Å². The monoisotopic (exact) mass is 260 g/mol. The number of fused-ring (bicyclic) bond motifs is 3. The van der Waals surface area contributed by atoms with Gasteiger partial charge in [0.25, 0.3) is 0 Å². The standard InChI is InChI=1S/C16H12N4/c1-2-7-14-12(5-1)9-17-11-16-19-10-15(20(14)16)13-6-3-4-8-18-13/h1-10H,11H2. The summed E-state index contributed by atoms with van der Waals surface area (Å²) in [6.45, 7) is 0.585. The van der Waals surface area contributed by atoms with Gasteiger partial charge in [-0.3, -0.25) is 14.5 Å². The number of pyridine rings is 1. The highest BCUT2D eigenvalue weighted by molar-refractivity contribution is 5.86. The van der Waals surface area contributed by atoms with Gasteiger partial charge in [0.1, 0.15) is 5.82 Å². The summed E-state index contributed by atoms with van der Waals surface area (Å²) in [5, 5.41) is 0. The van der Waals surface area contributed by atoms with Crippen LogP contribution in [0.5, 0.6) is 0 Å². The molecule has 0 N–H and O–H groups in total. The molecule has 4 heteroatoms. The van der Waals surface area contributed by atoms with Crippen molar-refractivity contribution in [3.05, 3.63) is 66.2 Å². The van der Waals surface area contributed by atoms with Crippen molar-refractivity contribution in [2.45, 2.75) is 6.54 Å². The Bertz CT molecular complexity index is 787. The predicted octanol–water partition coefficient (Wildman–Crippen LogP) is 2.87. The lowest BCUT2D eigenvalue weighted by Crippen LogP contribution is -2.03. The second-order valence-electron chi connectivity index (χ2n) is 4.64. The molecule has 1 aromatic carbocycles. The third-order valence-corrected chi connectivity index (χ3v) is 3.40. The van der Waals surface area contributed by atoms with E-state index in [1.165, 1.54) is 0 Å². The van der Waals surface area contributed by atoms with Gasteiger partial charge in [0.2, 0.25) is 0 Å². The highest BCUT2D eigenvalue weighted by atomic mass is 15.1. The van der Waals surface area contributed by atoms with E-state index in [1.807, 2.05) is 42.7 Å². The Labute approximate surface area is 116 Å². The average Bonchev–Trinajstić information content (AvgIpc) is 2.84. The number of nitrogens with zero attached hydrogens (tertiary/aromatic N) is 4. The fourth-order valence-corrected chi connectivity index (χ4v) is 2.49. The summed E-state index contributed by atoms with van der Waals surface area (Å²) in [4.78, 5) is 13.4. The number of aromatic nitrogens is 3. The van der Waals surface area contributed by atoms with Crippen LogP contribution in [0.2, 0.25) is 0 Å². The molecule has 0 amide bonds. The summed E-state index contributed by atoms with van der Waals surface area (Å²) in [7, 11) is 0. The van der Waals surface area contributed by atoms with Crippen molar-refractivity contribution in [2.75, 3.05) is 0 Å². The van der Waals surface area contributed by atoms with Crippen LogP contribution in [-0.4, -0.2) is 20.7 Å². The molecule has 0 aliphatic carbocycles. The largest absolute Gasteiger partial charge is 0.293 e. The van der Waals surface area contributed by atoms with Gasteiger partial charge in [-0.25, -0.2) is 4.98 Å². The first-order valence-corrected chi connectivity index (χ1v) is 6.51. The van der Waals surface area contributed by atoms with Crippen molar-refractivity contribution < 1.29 is 0 Å². The van der Waals surface area contributed by atoms with E-state index in [-0.39, 0.29) is 0 Å². The zero-order chi connectivity index (χ0) is 13.4. The molecule has 3 heterocycles. The van der Waals surface area contributed by atoms with Crippen LogP contribution in [0.1, 0.15) is 11.4 Å². The van der Waals surface area contributed by atoms with Gasteiger partial charge in [-0.1, -0.05) is 24.3 Å². The van der Waals surface area contributed by atoms with Crippen LogP contribution < -0.4 is 0 Å². The van der Waals surface area contributed by atoms with E-state index in [2.05, 4.69) is 31.7 Å². The summed E-state index contributed by atoms with van der Waals surface area (Å²) < 4.78 is 2.14. The van der Waals surface area contributed by atoms with Gasteiger partial charge in [0, 0.05) is 18.0 Å². The summed E-state index contributed by atoms with van der Waals surface area (Å²) in [6.07, 6.45) is 5.58. The van der Waals surface area contributed by atoms with E-state index in [1.54, 1.807) is 6.20 Å². The maximum Gasteiger partial charge on any atom is 0.135 e. The molecular weight excluding hydrogens is 248 g/mol. The number of para-hydroxylation sites is 1. The van der Waals surface area contributed by atoms with Gasteiger partial charge in [0.15, 0.2) is 0 Å². The smallest absolute Gasteiger partial charge is 0.135 e. The molecule has 4 rings (SSSR count). The highest BCUT2D eigenvalue weighted by Gasteiger charge is 2.17. The minimum Gasteiger partial charge on any atom is -0.293 e. The summed E-state index contributed by atoms with van der Waals surface area (Å²) in [5.41, 5.74) is 4.12. The van der Waals surface area contributed by atoms with Gasteiger partial charge < -0.3 is 0 Å². The Morgan fingerprint density at radius 3 is 2.75 bits per heavy atom.